The Hall–Kier alpha value is -0.900. The average molecular weight is 280 g/mol. The fourth-order valence-electron chi connectivity index (χ4n) is 2.20. The molecule has 2 rings (SSSR count). The number of hydrogen-bond acceptors (Lipinski definition) is 4. The van der Waals surface area contributed by atoms with Gasteiger partial charge in [0.1, 0.15) is 0 Å². The first-order valence-corrected chi connectivity index (χ1v) is 8.18. The smallest absolute Gasteiger partial charge is 0.186 e. The maximum atomic E-state index is 11.1. The van der Waals surface area contributed by atoms with Crippen molar-refractivity contribution in [3.63, 3.8) is 0 Å². The first-order chi connectivity index (χ1) is 9.15. The number of carbonyl (C=O) groups is 1. The number of anilines is 1. The molecule has 106 valence electrons. The lowest BCUT2D eigenvalue weighted by atomic mass is 10.1. The average Bonchev–Trinajstić information content (AvgIpc) is 3.12. The fourth-order valence-corrected chi connectivity index (χ4v) is 3.22. The van der Waals surface area contributed by atoms with E-state index in [-0.39, 0.29) is 0 Å². The molecule has 0 amide bonds. The second kappa shape index (κ2) is 6.51. The number of aldehydes is 1. The minimum Gasteiger partial charge on any atom is -0.345 e. The third kappa shape index (κ3) is 3.78. The summed E-state index contributed by atoms with van der Waals surface area (Å²) in [5.74, 6) is 0.710. The zero-order valence-corrected chi connectivity index (χ0v) is 13.0. The lowest BCUT2D eigenvalue weighted by molar-refractivity contribution is 0.112. The summed E-state index contributed by atoms with van der Waals surface area (Å²) >= 11 is 1.57. The normalized spacial score (nSPS) is 14.9. The van der Waals surface area contributed by atoms with Gasteiger partial charge in [-0.25, -0.2) is 4.98 Å². The highest BCUT2D eigenvalue weighted by Gasteiger charge is 2.31. The van der Waals surface area contributed by atoms with Crippen LogP contribution in [-0.4, -0.2) is 23.9 Å². The molecule has 1 heterocycles. The predicted octanol–water partition coefficient (Wildman–Crippen LogP) is 3.92. The van der Waals surface area contributed by atoms with E-state index in [0.717, 1.165) is 41.4 Å². The summed E-state index contributed by atoms with van der Waals surface area (Å²) in [5.41, 5.74) is 0.993. The maximum absolute atomic E-state index is 11.1. The SMILES string of the molecule is CCCc1nc(N(CCC(C)C)C2CC2)sc1C=O. The predicted molar refractivity (Wildman–Crippen MR) is 81.3 cm³/mol. The summed E-state index contributed by atoms with van der Waals surface area (Å²) in [5, 5.41) is 1.06. The summed E-state index contributed by atoms with van der Waals surface area (Å²) in [6.45, 7) is 7.71. The molecule has 0 unspecified atom stereocenters. The molecule has 0 atom stereocenters. The fraction of sp³-hybridized carbons (Fsp3) is 0.733. The van der Waals surface area contributed by atoms with Gasteiger partial charge >= 0.3 is 0 Å². The summed E-state index contributed by atoms with van der Waals surface area (Å²) in [7, 11) is 0. The van der Waals surface area contributed by atoms with E-state index in [1.165, 1.54) is 19.3 Å². The highest BCUT2D eigenvalue weighted by molar-refractivity contribution is 7.17. The lowest BCUT2D eigenvalue weighted by Gasteiger charge is -2.22. The van der Waals surface area contributed by atoms with Crippen LogP contribution < -0.4 is 4.90 Å². The van der Waals surface area contributed by atoms with Gasteiger partial charge in [0.25, 0.3) is 0 Å². The molecule has 0 spiro atoms. The molecule has 0 bridgehead atoms. The number of aromatic nitrogens is 1. The van der Waals surface area contributed by atoms with Crippen molar-refractivity contribution >= 4 is 22.8 Å². The number of aryl methyl sites for hydroxylation is 1. The number of rotatable bonds is 8. The van der Waals surface area contributed by atoms with E-state index in [9.17, 15) is 4.79 Å². The van der Waals surface area contributed by atoms with Gasteiger partial charge in [0, 0.05) is 12.6 Å². The van der Waals surface area contributed by atoms with E-state index in [4.69, 9.17) is 4.98 Å². The molecule has 1 aromatic heterocycles. The summed E-state index contributed by atoms with van der Waals surface area (Å²) in [6, 6.07) is 0.666. The van der Waals surface area contributed by atoms with Crippen LogP contribution in [-0.2, 0) is 6.42 Å². The van der Waals surface area contributed by atoms with Crippen molar-refractivity contribution in [2.75, 3.05) is 11.4 Å². The monoisotopic (exact) mass is 280 g/mol. The van der Waals surface area contributed by atoms with Gasteiger partial charge in [0.2, 0.25) is 0 Å². The summed E-state index contributed by atoms with van der Waals surface area (Å²) < 4.78 is 0. The van der Waals surface area contributed by atoms with Crippen molar-refractivity contribution in [1.29, 1.82) is 0 Å². The zero-order chi connectivity index (χ0) is 13.8. The van der Waals surface area contributed by atoms with Crippen molar-refractivity contribution in [3.05, 3.63) is 10.6 Å². The van der Waals surface area contributed by atoms with E-state index in [2.05, 4.69) is 25.7 Å². The Kier molecular flexibility index (Phi) is 4.97. The molecule has 1 fully saturated rings. The Morgan fingerprint density at radius 1 is 1.47 bits per heavy atom. The van der Waals surface area contributed by atoms with Crippen LogP contribution in [0.4, 0.5) is 5.13 Å². The van der Waals surface area contributed by atoms with Crippen LogP contribution >= 0.6 is 11.3 Å². The van der Waals surface area contributed by atoms with E-state index in [1.54, 1.807) is 11.3 Å². The molecule has 1 aliphatic carbocycles. The van der Waals surface area contributed by atoms with E-state index >= 15 is 0 Å². The number of hydrogen-bond donors (Lipinski definition) is 0. The molecular weight excluding hydrogens is 256 g/mol. The van der Waals surface area contributed by atoms with Gasteiger partial charge in [0.15, 0.2) is 11.4 Å². The molecule has 3 nitrogen and oxygen atoms in total. The van der Waals surface area contributed by atoms with Crippen LogP contribution in [0.5, 0.6) is 0 Å². The van der Waals surface area contributed by atoms with Crippen LogP contribution in [0.15, 0.2) is 0 Å². The van der Waals surface area contributed by atoms with Gasteiger partial charge in [-0.15, -0.1) is 0 Å². The molecule has 19 heavy (non-hydrogen) atoms. The minimum atomic E-state index is 0.666. The van der Waals surface area contributed by atoms with Crippen LogP contribution in [0.3, 0.4) is 0 Å². The Bertz CT molecular complexity index is 424. The quantitative estimate of drug-likeness (QED) is 0.677. The van der Waals surface area contributed by atoms with Gasteiger partial charge in [-0.3, -0.25) is 4.79 Å². The molecule has 0 saturated heterocycles. The molecule has 1 saturated carbocycles. The highest BCUT2D eigenvalue weighted by Crippen LogP contribution is 2.35. The third-order valence-electron chi connectivity index (χ3n) is 3.49. The molecule has 1 aromatic rings. The van der Waals surface area contributed by atoms with E-state index < -0.39 is 0 Å². The van der Waals surface area contributed by atoms with Crippen LogP contribution in [0.25, 0.3) is 0 Å². The van der Waals surface area contributed by atoms with Gasteiger partial charge in [0.05, 0.1) is 10.6 Å². The van der Waals surface area contributed by atoms with Crippen LogP contribution in [0, 0.1) is 5.92 Å². The second-order valence-electron chi connectivity index (χ2n) is 5.78. The number of carbonyl (C=O) groups excluding carboxylic acids is 1. The zero-order valence-electron chi connectivity index (χ0n) is 12.2. The van der Waals surface area contributed by atoms with Crippen molar-refractivity contribution in [1.82, 2.24) is 4.98 Å². The van der Waals surface area contributed by atoms with Crippen molar-refractivity contribution in [3.8, 4) is 0 Å². The second-order valence-corrected chi connectivity index (χ2v) is 6.79. The van der Waals surface area contributed by atoms with Crippen LogP contribution in [0.2, 0.25) is 0 Å². The van der Waals surface area contributed by atoms with Crippen molar-refractivity contribution in [2.45, 2.75) is 58.9 Å². The summed E-state index contributed by atoms with van der Waals surface area (Å²) in [6.07, 6.45) is 6.66. The Labute approximate surface area is 120 Å². The molecule has 0 radical (unpaired) electrons. The maximum Gasteiger partial charge on any atom is 0.186 e. The molecular formula is C15H24N2OS. The summed E-state index contributed by atoms with van der Waals surface area (Å²) in [4.78, 5) is 19.1. The molecule has 1 aliphatic rings. The van der Waals surface area contributed by atoms with Gasteiger partial charge in [-0.05, 0) is 31.6 Å². The Morgan fingerprint density at radius 3 is 2.74 bits per heavy atom. The number of nitrogens with zero attached hydrogens (tertiary/aromatic N) is 2. The largest absolute Gasteiger partial charge is 0.345 e. The highest BCUT2D eigenvalue weighted by atomic mass is 32.1. The van der Waals surface area contributed by atoms with Gasteiger partial charge in [-0.1, -0.05) is 38.5 Å². The van der Waals surface area contributed by atoms with Crippen molar-refractivity contribution < 1.29 is 4.79 Å². The van der Waals surface area contributed by atoms with Gasteiger partial charge < -0.3 is 4.90 Å². The third-order valence-corrected chi connectivity index (χ3v) is 4.55. The standard InChI is InChI=1S/C15H24N2OS/c1-4-5-13-14(10-18)19-15(16-13)17(12-6-7-12)9-8-11(2)3/h10-12H,4-9H2,1-3H3. The van der Waals surface area contributed by atoms with Crippen LogP contribution in [0.1, 0.15) is 61.8 Å². The first kappa shape index (κ1) is 14.5. The Morgan fingerprint density at radius 2 is 2.21 bits per heavy atom. The van der Waals surface area contributed by atoms with E-state index in [0.29, 0.717) is 12.0 Å². The topological polar surface area (TPSA) is 33.2 Å². The van der Waals surface area contributed by atoms with E-state index in [1.807, 2.05) is 0 Å². The molecule has 0 aromatic carbocycles. The molecule has 0 N–H and O–H groups in total. The minimum absolute atomic E-state index is 0.666. The Balaban J connectivity index is 2.14. The van der Waals surface area contributed by atoms with Crippen molar-refractivity contribution in [2.24, 2.45) is 5.92 Å². The van der Waals surface area contributed by atoms with Gasteiger partial charge in [-0.2, -0.15) is 0 Å². The molecule has 4 heteroatoms. The number of thiazole rings is 1. The lowest BCUT2D eigenvalue weighted by Crippen LogP contribution is -2.27. The molecule has 0 aliphatic heterocycles. The first-order valence-electron chi connectivity index (χ1n) is 7.37.